The van der Waals surface area contributed by atoms with Gasteiger partial charge in [-0.15, -0.1) is 0 Å². The number of guanidine groups is 1. The fourth-order valence-electron chi connectivity index (χ4n) is 3.59. The number of methoxy groups -OCH3 is 1. The first-order chi connectivity index (χ1) is 15.4. The van der Waals surface area contributed by atoms with Crippen molar-refractivity contribution in [3.63, 3.8) is 0 Å². The standard InChI is InChI=1S/C21H20F2N4O5S/c1-21(10-33(29,30)27(2)20(24)26-21)14-8-12(9-15(22)18(14)23)25-19(28)17-7-11-6-13(31-3)4-5-16(11)32-17/h4-9H,10H2,1-3H3,(H2,24,26)(H,25,28)/t21-/m0/s1. The highest BCUT2D eigenvalue weighted by Crippen LogP contribution is 2.36. The summed E-state index contributed by atoms with van der Waals surface area (Å²) in [4.78, 5) is 16.8. The number of rotatable bonds is 4. The van der Waals surface area contributed by atoms with Crippen molar-refractivity contribution in [2.75, 3.05) is 25.2 Å². The molecule has 2 heterocycles. The SMILES string of the molecule is COc1ccc2oc(C(=O)Nc3cc(F)c(F)c([C@]4(C)CS(=O)(=O)N(C)C(N)=N4)c3)cc2c1. The van der Waals surface area contributed by atoms with Crippen LogP contribution in [0, 0.1) is 11.6 Å². The molecule has 33 heavy (non-hydrogen) atoms. The molecule has 1 amide bonds. The molecular formula is C21H20F2N4O5S. The lowest BCUT2D eigenvalue weighted by Gasteiger charge is -2.34. The summed E-state index contributed by atoms with van der Waals surface area (Å²) in [6, 6.07) is 8.35. The second-order valence-corrected chi connectivity index (χ2v) is 9.76. The van der Waals surface area contributed by atoms with Gasteiger partial charge in [-0.2, -0.15) is 0 Å². The molecule has 12 heteroatoms. The predicted octanol–water partition coefficient (Wildman–Crippen LogP) is 2.78. The minimum absolute atomic E-state index is 0.0696. The average molecular weight is 478 g/mol. The van der Waals surface area contributed by atoms with E-state index in [1.54, 1.807) is 18.2 Å². The van der Waals surface area contributed by atoms with Gasteiger partial charge in [0.1, 0.15) is 16.9 Å². The zero-order valence-electron chi connectivity index (χ0n) is 17.8. The van der Waals surface area contributed by atoms with Crippen molar-refractivity contribution < 1.29 is 31.1 Å². The Labute approximate surface area is 187 Å². The number of hydrogen-bond acceptors (Lipinski definition) is 7. The monoisotopic (exact) mass is 478 g/mol. The summed E-state index contributed by atoms with van der Waals surface area (Å²) in [6.07, 6.45) is 0. The maximum atomic E-state index is 14.7. The van der Waals surface area contributed by atoms with Crippen molar-refractivity contribution in [2.45, 2.75) is 12.5 Å². The predicted molar refractivity (Wildman–Crippen MR) is 118 cm³/mol. The van der Waals surface area contributed by atoms with E-state index in [0.29, 0.717) is 16.7 Å². The Balaban J connectivity index is 1.70. The maximum Gasteiger partial charge on any atom is 0.291 e. The summed E-state index contributed by atoms with van der Waals surface area (Å²) < 4.78 is 65.4. The molecule has 3 aromatic rings. The number of nitrogens with two attached hydrogens (primary N) is 1. The lowest BCUT2D eigenvalue weighted by atomic mass is 9.93. The number of anilines is 1. The molecule has 0 aliphatic carbocycles. The van der Waals surface area contributed by atoms with E-state index in [9.17, 15) is 22.0 Å². The molecule has 1 atom stereocenters. The van der Waals surface area contributed by atoms with Crippen LogP contribution in [0.2, 0.25) is 0 Å². The fourth-order valence-corrected chi connectivity index (χ4v) is 5.04. The number of carbonyl (C=O) groups excluding carboxylic acids is 1. The first kappa shape index (κ1) is 22.5. The zero-order chi connectivity index (χ0) is 24.1. The van der Waals surface area contributed by atoms with E-state index < -0.39 is 38.9 Å². The Bertz CT molecular complexity index is 1420. The van der Waals surface area contributed by atoms with Crippen LogP contribution in [0.5, 0.6) is 5.75 Å². The number of carbonyl (C=O) groups is 1. The van der Waals surface area contributed by atoms with Gasteiger partial charge in [0.25, 0.3) is 5.91 Å². The Morgan fingerprint density at radius 2 is 2.00 bits per heavy atom. The van der Waals surface area contributed by atoms with Gasteiger partial charge < -0.3 is 20.2 Å². The number of halogens is 2. The number of sulfonamides is 1. The molecule has 0 fully saturated rings. The third kappa shape index (κ3) is 3.97. The molecule has 2 aromatic carbocycles. The van der Waals surface area contributed by atoms with Crippen molar-refractivity contribution in [1.29, 1.82) is 0 Å². The highest BCUT2D eigenvalue weighted by molar-refractivity contribution is 7.89. The topological polar surface area (TPSA) is 127 Å². The Morgan fingerprint density at radius 1 is 1.27 bits per heavy atom. The summed E-state index contributed by atoms with van der Waals surface area (Å²) in [6.45, 7) is 1.32. The number of nitrogens with zero attached hydrogens (tertiary/aromatic N) is 2. The summed E-state index contributed by atoms with van der Waals surface area (Å²) in [5, 5.41) is 3.05. The van der Waals surface area contributed by atoms with E-state index in [0.717, 1.165) is 16.4 Å². The molecule has 0 radical (unpaired) electrons. The quantitative estimate of drug-likeness (QED) is 0.594. The largest absolute Gasteiger partial charge is 0.497 e. The van der Waals surface area contributed by atoms with Crippen LogP contribution in [-0.2, 0) is 15.6 Å². The highest BCUT2D eigenvalue weighted by atomic mass is 32.2. The first-order valence-corrected chi connectivity index (χ1v) is 11.2. The minimum atomic E-state index is -3.92. The molecule has 9 nitrogen and oxygen atoms in total. The van der Waals surface area contributed by atoms with E-state index in [1.165, 1.54) is 27.1 Å². The zero-order valence-corrected chi connectivity index (χ0v) is 18.7. The van der Waals surface area contributed by atoms with Crippen LogP contribution in [0.1, 0.15) is 23.0 Å². The molecule has 1 aromatic heterocycles. The number of aliphatic imine (C=N–C) groups is 1. The molecule has 1 aliphatic heterocycles. The third-order valence-electron chi connectivity index (χ3n) is 5.38. The van der Waals surface area contributed by atoms with Crippen LogP contribution < -0.4 is 15.8 Å². The molecule has 0 spiro atoms. The van der Waals surface area contributed by atoms with Gasteiger partial charge in [-0.3, -0.25) is 4.79 Å². The lowest BCUT2D eigenvalue weighted by Crippen LogP contribution is -2.50. The Kier molecular flexibility index (Phi) is 5.27. The van der Waals surface area contributed by atoms with Gasteiger partial charge >= 0.3 is 0 Å². The molecule has 0 saturated heterocycles. The fraction of sp³-hybridized carbons (Fsp3) is 0.238. The molecule has 0 bridgehead atoms. The Hall–Kier alpha value is -3.67. The first-order valence-electron chi connectivity index (χ1n) is 9.64. The number of amides is 1. The van der Waals surface area contributed by atoms with Crippen molar-refractivity contribution in [1.82, 2.24) is 4.31 Å². The van der Waals surface area contributed by atoms with Crippen molar-refractivity contribution >= 4 is 38.5 Å². The van der Waals surface area contributed by atoms with E-state index in [-0.39, 0.29) is 23.0 Å². The number of ether oxygens (including phenoxy) is 1. The molecule has 0 unspecified atom stereocenters. The van der Waals surface area contributed by atoms with Gasteiger partial charge in [-0.1, -0.05) is 0 Å². The van der Waals surface area contributed by atoms with E-state index >= 15 is 0 Å². The number of hydrogen-bond donors (Lipinski definition) is 2. The van der Waals surface area contributed by atoms with Crippen LogP contribution in [0.15, 0.2) is 45.8 Å². The van der Waals surface area contributed by atoms with Crippen LogP contribution in [0.25, 0.3) is 11.0 Å². The number of nitrogens with one attached hydrogen (secondary N) is 1. The van der Waals surface area contributed by atoms with Gasteiger partial charge in [0.05, 0.1) is 12.9 Å². The number of benzene rings is 2. The van der Waals surface area contributed by atoms with Gasteiger partial charge in [-0.05, 0) is 37.3 Å². The van der Waals surface area contributed by atoms with Gasteiger partial charge in [0.15, 0.2) is 17.4 Å². The van der Waals surface area contributed by atoms with E-state index in [4.69, 9.17) is 14.9 Å². The third-order valence-corrected chi connectivity index (χ3v) is 7.33. The summed E-state index contributed by atoms with van der Waals surface area (Å²) in [5.74, 6) is -3.80. The molecule has 0 saturated carbocycles. The average Bonchev–Trinajstić information content (AvgIpc) is 3.17. The molecule has 174 valence electrons. The molecule has 3 N–H and O–H groups in total. The molecule has 4 rings (SSSR count). The molecule has 1 aliphatic rings. The van der Waals surface area contributed by atoms with E-state index in [1.807, 2.05) is 0 Å². The summed E-state index contributed by atoms with van der Waals surface area (Å²) >= 11 is 0. The van der Waals surface area contributed by atoms with Crippen molar-refractivity contribution in [2.24, 2.45) is 10.7 Å². The molecular weight excluding hydrogens is 458 g/mol. The highest BCUT2D eigenvalue weighted by Gasteiger charge is 2.42. The normalized spacial score (nSPS) is 19.9. The number of fused-ring (bicyclic) bond motifs is 1. The van der Waals surface area contributed by atoms with Gasteiger partial charge in [-0.25, -0.2) is 26.5 Å². The van der Waals surface area contributed by atoms with Crippen molar-refractivity contribution in [3.05, 3.63) is 59.4 Å². The van der Waals surface area contributed by atoms with Gasteiger partial charge in [0.2, 0.25) is 16.0 Å². The van der Waals surface area contributed by atoms with Gasteiger partial charge in [0, 0.05) is 29.8 Å². The smallest absolute Gasteiger partial charge is 0.291 e. The van der Waals surface area contributed by atoms with Crippen molar-refractivity contribution in [3.8, 4) is 5.75 Å². The minimum Gasteiger partial charge on any atom is -0.497 e. The summed E-state index contributed by atoms with van der Waals surface area (Å²) in [5.41, 5.74) is 3.94. The van der Waals surface area contributed by atoms with Crippen LogP contribution >= 0.6 is 0 Å². The second kappa shape index (κ2) is 7.73. The van der Waals surface area contributed by atoms with E-state index in [2.05, 4.69) is 10.3 Å². The maximum absolute atomic E-state index is 14.7. The Morgan fingerprint density at radius 3 is 2.67 bits per heavy atom. The lowest BCUT2D eigenvalue weighted by molar-refractivity contribution is 0.0998. The number of furan rings is 1. The van der Waals surface area contributed by atoms with Crippen LogP contribution in [0.3, 0.4) is 0 Å². The van der Waals surface area contributed by atoms with Crippen LogP contribution in [0.4, 0.5) is 14.5 Å². The van der Waals surface area contributed by atoms with Crippen LogP contribution in [-0.4, -0.2) is 44.5 Å². The summed E-state index contributed by atoms with van der Waals surface area (Å²) in [7, 11) is -1.20. The second-order valence-electron chi connectivity index (χ2n) is 7.76.